The Balaban J connectivity index is 1.83. The minimum Gasteiger partial charge on any atom is -0.464 e. The molecule has 2 heterocycles. The maximum Gasteiger partial charge on any atom is 0.323 e. The van der Waals surface area contributed by atoms with Crippen molar-refractivity contribution in [2.45, 2.75) is 19.8 Å². The second kappa shape index (κ2) is 6.70. The second-order valence-corrected chi connectivity index (χ2v) is 4.34. The van der Waals surface area contributed by atoms with Crippen molar-refractivity contribution in [2.24, 2.45) is 0 Å². The summed E-state index contributed by atoms with van der Waals surface area (Å²) in [5.74, 6) is 0. The number of rotatable bonds is 6. The van der Waals surface area contributed by atoms with Gasteiger partial charge in [0.05, 0.1) is 6.61 Å². The van der Waals surface area contributed by atoms with Gasteiger partial charge in [0.25, 0.3) is 0 Å². The van der Waals surface area contributed by atoms with Crippen molar-refractivity contribution in [1.29, 1.82) is 0 Å². The van der Waals surface area contributed by atoms with Gasteiger partial charge in [-0.3, -0.25) is 4.90 Å². The van der Waals surface area contributed by atoms with Gasteiger partial charge in [-0.1, -0.05) is 0 Å². The van der Waals surface area contributed by atoms with Gasteiger partial charge in [0.2, 0.25) is 5.28 Å². The highest BCUT2D eigenvalue weighted by atomic mass is 35.5. The Morgan fingerprint density at radius 3 is 2.44 bits per heavy atom. The van der Waals surface area contributed by atoms with Gasteiger partial charge in [-0.15, -0.1) is 4.98 Å². The van der Waals surface area contributed by atoms with Crippen LogP contribution < -0.4 is 9.47 Å². The molecule has 0 bridgehead atoms. The molecule has 7 heteroatoms. The lowest BCUT2D eigenvalue weighted by atomic mass is 10.4. The number of aromatic nitrogens is 3. The molecule has 0 radical (unpaired) electrons. The molecule has 100 valence electrons. The topological polar surface area (TPSA) is 60.4 Å². The molecule has 1 fully saturated rings. The molecule has 1 aliphatic rings. The fraction of sp³-hybridized carbons (Fsp3) is 0.727. The van der Waals surface area contributed by atoms with Crippen molar-refractivity contribution in [1.82, 2.24) is 19.9 Å². The largest absolute Gasteiger partial charge is 0.464 e. The SMILES string of the molecule is CCOc1nc(Cl)nc(OCCN2CCCC2)n1. The third kappa shape index (κ3) is 3.96. The van der Waals surface area contributed by atoms with Crippen LogP contribution in [0, 0.1) is 0 Å². The summed E-state index contributed by atoms with van der Waals surface area (Å²) >= 11 is 5.76. The smallest absolute Gasteiger partial charge is 0.323 e. The predicted molar refractivity (Wildman–Crippen MR) is 67.2 cm³/mol. The molecule has 18 heavy (non-hydrogen) atoms. The summed E-state index contributed by atoms with van der Waals surface area (Å²) in [6.45, 7) is 6.05. The number of hydrogen-bond acceptors (Lipinski definition) is 6. The van der Waals surface area contributed by atoms with Gasteiger partial charge in [-0.2, -0.15) is 9.97 Å². The normalized spacial score (nSPS) is 15.9. The molecule has 2 rings (SSSR count). The van der Waals surface area contributed by atoms with E-state index in [1.807, 2.05) is 6.92 Å². The number of hydrogen-bond donors (Lipinski definition) is 0. The molecular weight excluding hydrogens is 256 g/mol. The number of nitrogens with zero attached hydrogens (tertiary/aromatic N) is 4. The summed E-state index contributed by atoms with van der Waals surface area (Å²) in [7, 11) is 0. The van der Waals surface area contributed by atoms with Gasteiger partial charge in [-0.25, -0.2) is 0 Å². The first-order valence-corrected chi connectivity index (χ1v) is 6.55. The van der Waals surface area contributed by atoms with Crippen molar-refractivity contribution >= 4 is 11.6 Å². The molecule has 0 spiro atoms. The molecule has 0 amide bonds. The summed E-state index contributed by atoms with van der Waals surface area (Å²) in [6.07, 6.45) is 2.54. The quantitative estimate of drug-likeness (QED) is 0.780. The lowest BCUT2D eigenvalue weighted by Crippen LogP contribution is -2.25. The van der Waals surface area contributed by atoms with Crippen molar-refractivity contribution in [2.75, 3.05) is 32.8 Å². The minimum absolute atomic E-state index is 0.0876. The Bertz CT molecular complexity index is 385. The Kier molecular flexibility index (Phi) is 4.95. The maximum atomic E-state index is 5.76. The summed E-state index contributed by atoms with van der Waals surface area (Å²) in [6, 6.07) is 0.423. The highest BCUT2D eigenvalue weighted by Crippen LogP contribution is 2.13. The van der Waals surface area contributed by atoms with Crippen LogP contribution in [0.1, 0.15) is 19.8 Å². The van der Waals surface area contributed by atoms with E-state index in [1.54, 1.807) is 0 Å². The Morgan fingerprint density at radius 2 is 1.78 bits per heavy atom. The van der Waals surface area contributed by atoms with Crippen molar-refractivity contribution in [3.63, 3.8) is 0 Å². The van der Waals surface area contributed by atoms with Crippen LogP contribution in [0.25, 0.3) is 0 Å². The average Bonchev–Trinajstić information content (AvgIpc) is 2.82. The van der Waals surface area contributed by atoms with Crippen LogP contribution in [0.2, 0.25) is 5.28 Å². The summed E-state index contributed by atoms with van der Waals surface area (Å²) in [5, 5.41) is 0.0876. The molecule has 1 saturated heterocycles. The Morgan fingerprint density at radius 1 is 1.11 bits per heavy atom. The zero-order valence-electron chi connectivity index (χ0n) is 10.4. The molecule has 0 aliphatic carbocycles. The molecule has 0 saturated carbocycles. The third-order valence-corrected chi connectivity index (χ3v) is 2.85. The van der Waals surface area contributed by atoms with E-state index in [0.29, 0.717) is 13.2 Å². The van der Waals surface area contributed by atoms with Crippen LogP contribution in [0.3, 0.4) is 0 Å². The van der Waals surface area contributed by atoms with E-state index in [-0.39, 0.29) is 17.3 Å². The van der Waals surface area contributed by atoms with Gasteiger partial charge in [0, 0.05) is 6.54 Å². The number of ether oxygens (including phenoxy) is 2. The molecule has 6 nitrogen and oxygen atoms in total. The van der Waals surface area contributed by atoms with Crippen LogP contribution in [0.5, 0.6) is 12.0 Å². The van der Waals surface area contributed by atoms with E-state index < -0.39 is 0 Å². The van der Waals surface area contributed by atoms with Crippen LogP contribution in [0.15, 0.2) is 0 Å². The summed E-state index contributed by atoms with van der Waals surface area (Å²) in [4.78, 5) is 14.1. The summed E-state index contributed by atoms with van der Waals surface area (Å²) in [5.41, 5.74) is 0. The minimum atomic E-state index is 0.0876. The monoisotopic (exact) mass is 272 g/mol. The van der Waals surface area contributed by atoms with Crippen LogP contribution in [0.4, 0.5) is 0 Å². The molecule has 0 atom stereocenters. The maximum absolute atomic E-state index is 5.76. The van der Waals surface area contributed by atoms with Crippen molar-refractivity contribution < 1.29 is 9.47 Å². The molecule has 0 aromatic carbocycles. The van der Waals surface area contributed by atoms with E-state index in [1.165, 1.54) is 12.8 Å². The molecule has 0 unspecified atom stereocenters. The summed E-state index contributed by atoms with van der Waals surface area (Å²) < 4.78 is 10.6. The molecule has 0 N–H and O–H groups in total. The third-order valence-electron chi connectivity index (χ3n) is 2.68. The van der Waals surface area contributed by atoms with Gasteiger partial charge >= 0.3 is 12.0 Å². The first-order valence-electron chi connectivity index (χ1n) is 6.17. The lowest BCUT2D eigenvalue weighted by molar-refractivity contribution is 0.219. The molecular formula is C11H17ClN4O2. The Hall–Kier alpha value is -1.14. The lowest BCUT2D eigenvalue weighted by Gasteiger charge is -2.14. The van der Waals surface area contributed by atoms with Crippen LogP contribution in [-0.2, 0) is 0 Å². The zero-order valence-corrected chi connectivity index (χ0v) is 11.2. The standard InChI is InChI=1S/C11H17ClN4O2/c1-2-17-10-13-9(12)14-11(15-10)18-8-7-16-5-3-4-6-16/h2-8H2,1H3. The van der Waals surface area contributed by atoms with E-state index >= 15 is 0 Å². The molecule has 1 aromatic heterocycles. The van der Waals surface area contributed by atoms with E-state index in [2.05, 4.69) is 19.9 Å². The fourth-order valence-electron chi connectivity index (χ4n) is 1.85. The van der Waals surface area contributed by atoms with E-state index in [0.717, 1.165) is 19.6 Å². The average molecular weight is 273 g/mol. The highest BCUT2D eigenvalue weighted by Gasteiger charge is 2.12. The molecule has 1 aliphatic heterocycles. The van der Waals surface area contributed by atoms with E-state index in [4.69, 9.17) is 21.1 Å². The van der Waals surface area contributed by atoms with Gasteiger partial charge in [-0.05, 0) is 44.5 Å². The van der Waals surface area contributed by atoms with E-state index in [9.17, 15) is 0 Å². The zero-order chi connectivity index (χ0) is 12.8. The van der Waals surface area contributed by atoms with Gasteiger partial charge in [0.1, 0.15) is 6.61 Å². The number of likely N-dealkylation sites (tertiary alicyclic amines) is 1. The van der Waals surface area contributed by atoms with Crippen LogP contribution in [-0.4, -0.2) is 52.7 Å². The molecule has 1 aromatic rings. The van der Waals surface area contributed by atoms with Gasteiger partial charge < -0.3 is 9.47 Å². The highest BCUT2D eigenvalue weighted by molar-refractivity contribution is 6.28. The van der Waals surface area contributed by atoms with Crippen molar-refractivity contribution in [3.05, 3.63) is 5.28 Å². The Labute approximate surface area is 111 Å². The number of halogens is 1. The first kappa shape index (κ1) is 13.3. The van der Waals surface area contributed by atoms with Gasteiger partial charge in [0.15, 0.2) is 0 Å². The fourth-order valence-corrected chi connectivity index (χ4v) is 1.99. The van der Waals surface area contributed by atoms with Crippen molar-refractivity contribution in [3.8, 4) is 12.0 Å². The second-order valence-electron chi connectivity index (χ2n) is 4.00. The van der Waals surface area contributed by atoms with Crippen LogP contribution >= 0.6 is 11.6 Å². The first-order chi connectivity index (χ1) is 8.78. The predicted octanol–water partition coefficient (Wildman–Crippen LogP) is 1.40.